The van der Waals surface area contributed by atoms with E-state index in [1.54, 1.807) is 13.8 Å². The number of sulfonamides is 1. The minimum atomic E-state index is -4.17. The van der Waals surface area contributed by atoms with Crippen LogP contribution in [-0.2, 0) is 14.8 Å². The number of rotatable bonds is 5. The lowest BCUT2D eigenvalue weighted by Gasteiger charge is -2.15. The number of carbonyl (C=O) groups excluding carboxylic acids is 1. The van der Waals surface area contributed by atoms with Gasteiger partial charge in [-0.3, -0.25) is 4.79 Å². The number of carbonyl (C=O) groups is 1. The van der Waals surface area contributed by atoms with Gasteiger partial charge in [0.25, 0.3) is 10.0 Å². The summed E-state index contributed by atoms with van der Waals surface area (Å²) in [6.07, 6.45) is 1.16. The molecule has 6 nitrogen and oxygen atoms in total. The van der Waals surface area contributed by atoms with E-state index in [0.717, 1.165) is 12.3 Å². The van der Waals surface area contributed by atoms with Crippen molar-refractivity contribution in [2.45, 2.75) is 37.9 Å². The molecule has 1 heterocycles. The molecule has 1 aromatic rings. The third-order valence-corrected chi connectivity index (χ3v) is 3.61. The second-order valence-corrected chi connectivity index (χ2v) is 5.93. The van der Waals surface area contributed by atoms with Gasteiger partial charge in [0.05, 0.1) is 6.04 Å². The molecule has 0 radical (unpaired) electrons. The zero-order valence-corrected chi connectivity index (χ0v) is 11.7. The SMILES string of the molecule is CC(C)NC(=O)C(C)NS(=O)(=O)c1ncccc1F. The van der Waals surface area contributed by atoms with E-state index in [2.05, 4.69) is 15.0 Å². The quantitative estimate of drug-likeness (QED) is 0.822. The largest absolute Gasteiger partial charge is 0.353 e. The van der Waals surface area contributed by atoms with Gasteiger partial charge in [-0.1, -0.05) is 0 Å². The predicted octanol–water partition coefficient (Wildman–Crippen LogP) is 0.412. The fourth-order valence-electron chi connectivity index (χ4n) is 1.32. The summed E-state index contributed by atoms with van der Waals surface area (Å²) in [6.45, 7) is 4.87. The first-order chi connectivity index (χ1) is 8.74. The molecule has 1 unspecified atom stereocenters. The molecule has 0 aliphatic heterocycles. The number of hydrogen-bond acceptors (Lipinski definition) is 4. The highest BCUT2D eigenvalue weighted by Gasteiger charge is 2.25. The molecule has 0 aliphatic rings. The van der Waals surface area contributed by atoms with Crippen LogP contribution in [0.3, 0.4) is 0 Å². The molecule has 0 aliphatic carbocycles. The summed E-state index contributed by atoms with van der Waals surface area (Å²) in [7, 11) is -4.17. The van der Waals surface area contributed by atoms with Crippen LogP contribution >= 0.6 is 0 Å². The van der Waals surface area contributed by atoms with Crippen LogP contribution in [-0.4, -0.2) is 31.4 Å². The summed E-state index contributed by atoms with van der Waals surface area (Å²) >= 11 is 0. The maximum Gasteiger partial charge on any atom is 0.261 e. The fourth-order valence-corrected chi connectivity index (χ4v) is 2.53. The molecule has 2 N–H and O–H groups in total. The molecule has 8 heteroatoms. The van der Waals surface area contributed by atoms with E-state index in [1.165, 1.54) is 13.0 Å². The molecule has 0 spiro atoms. The van der Waals surface area contributed by atoms with Crippen molar-refractivity contribution in [2.24, 2.45) is 0 Å². The van der Waals surface area contributed by atoms with Gasteiger partial charge >= 0.3 is 0 Å². The van der Waals surface area contributed by atoms with E-state index in [-0.39, 0.29) is 6.04 Å². The van der Waals surface area contributed by atoms with Crippen molar-refractivity contribution in [3.8, 4) is 0 Å². The second kappa shape index (κ2) is 6.07. The van der Waals surface area contributed by atoms with Gasteiger partial charge in [-0.05, 0) is 32.9 Å². The fraction of sp³-hybridized carbons (Fsp3) is 0.455. The van der Waals surface area contributed by atoms with Crippen LogP contribution in [0.5, 0.6) is 0 Å². The van der Waals surface area contributed by atoms with E-state index >= 15 is 0 Å². The van der Waals surface area contributed by atoms with E-state index in [4.69, 9.17) is 0 Å². The Hall–Kier alpha value is -1.54. The highest BCUT2D eigenvalue weighted by atomic mass is 32.2. The van der Waals surface area contributed by atoms with Gasteiger partial charge in [0, 0.05) is 12.2 Å². The van der Waals surface area contributed by atoms with Gasteiger partial charge in [0.1, 0.15) is 0 Å². The van der Waals surface area contributed by atoms with Crippen molar-refractivity contribution < 1.29 is 17.6 Å². The number of nitrogens with zero attached hydrogens (tertiary/aromatic N) is 1. The van der Waals surface area contributed by atoms with Gasteiger partial charge in [-0.15, -0.1) is 0 Å². The van der Waals surface area contributed by atoms with Gasteiger partial charge in [-0.2, -0.15) is 4.72 Å². The monoisotopic (exact) mass is 289 g/mol. The lowest BCUT2D eigenvalue weighted by Crippen LogP contribution is -2.46. The molecule has 1 amide bonds. The van der Waals surface area contributed by atoms with E-state index in [1.807, 2.05) is 0 Å². The third-order valence-electron chi connectivity index (χ3n) is 2.14. The molecule has 1 aromatic heterocycles. The number of halogens is 1. The smallest absolute Gasteiger partial charge is 0.261 e. The first-order valence-corrected chi connectivity index (χ1v) is 7.15. The van der Waals surface area contributed by atoms with Crippen molar-refractivity contribution in [1.82, 2.24) is 15.0 Å². The topological polar surface area (TPSA) is 88.2 Å². The maximum absolute atomic E-state index is 13.4. The Morgan fingerprint density at radius 2 is 2.00 bits per heavy atom. The van der Waals surface area contributed by atoms with Gasteiger partial charge in [-0.25, -0.2) is 17.8 Å². The second-order valence-electron chi connectivity index (χ2n) is 4.30. The Labute approximate surface area is 111 Å². The Balaban J connectivity index is 2.87. The van der Waals surface area contributed by atoms with Crippen LogP contribution in [0.15, 0.2) is 23.4 Å². The standard InChI is InChI=1S/C11H16FN3O3S/c1-7(2)14-10(16)8(3)15-19(17,18)11-9(12)5-4-6-13-11/h4-8,15H,1-3H3,(H,14,16). The lowest BCUT2D eigenvalue weighted by atomic mass is 10.3. The summed E-state index contributed by atoms with van der Waals surface area (Å²) < 4.78 is 39.2. The van der Waals surface area contributed by atoms with Crippen molar-refractivity contribution >= 4 is 15.9 Å². The van der Waals surface area contributed by atoms with E-state index in [0.29, 0.717) is 0 Å². The molecule has 0 saturated carbocycles. The molecule has 19 heavy (non-hydrogen) atoms. The summed E-state index contributed by atoms with van der Waals surface area (Å²) in [4.78, 5) is 15.1. The normalized spacial score (nSPS) is 13.3. The molecule has 1 rings (SSSR count). The van der Waals surface area contributed by atoms with Crippen LogP contribution in [0, 0.1) is 5.82 Å². The molecule has 0 saturated heterocycles. The minimum Gasteiger partial charge on any atom is -0.353 e. The first kappa shape index (κ1) is 15.5. The molecule has 0 fully saturated rings. The average molecular weight is 289 g/mol. The minimum absolute atomic E-state index is 0.119. The highest BCUT2D eigenvalue weighted by molar-refractivity contribution is 7.89. The average Bonchev–Trinajstić information content (AvgIpc) is 2.27. The number of hydrogen-bond donors (Lipinski definition) is 2. The van der Waals surface area contributed by atoms with E-state index < -0.39 is 32.8 Å². The number of aromatic nitrogens is 1. The van der Waals surface area contributed by atoms with Crippen LogP contribution in [0.2, 0.25) is 0 Å². The van der Waals surface area contributed by atoms with Gasteiger partial charge in [0.2, 0.25) is 10.9 Å². The summed E-state index contributed by atoms with van der Waals surface area (Å²) in [5.74, 6) is -1.46. The Kier molecular flexibility index (Phi) is 4.96. The number of amides is 1. The Morgan fingerprint density at radius 1 is 1.37 bits per heavy atom. The number of nitrogens with one attached hydrogen (secondary N) is 2. The van der Waals surface area contributed by atoms with Crippen molar-refractivity contribution in [2.75, 3.05) is 0 Å². The van der Waals surface area contributed by atoms with Crippen LogP contribution < -0.4 is 10.0 Å². The molecule has 0 bridgehead atoms. The third kappa shape index (κ3) is 4.25. The molecule has 1 atom stereocenters. The van der Waals surface area contributed by atoms with Crippen molar-refractivity contribution in [1.29, 1.82) is 0 Å². The Morgan fingerprint density at radius 3 is 2.53 bits per heavy atom. The lowest BCUT2D eigenvalue weighted by molar-refractivity contribution is -0.122. The summed E-state index contributed by atoms with van der Waals surface area (Å²) in [5.41, 5.74) is 0. The first-order valence-electron chi connectivity index (χ1n) is 5.67. The zero-order valence-electron chi connectivity index (χ0n) is 10.8. The molecule has 0 aromatic carbocycles. The van der Waals surface area contributed by atoms with Crippen molar-refractivity contribution in [3.63, 3.8) is 0 Å². The highest BCUT2D eigenvalue weighted by Crippen LogP contribution is 2.10. The zero-order chi connectivity index (χ0) is 14.6. The van der Waals surface area contributed by atoms with Crippen LogP contribution in [0.25, 0.3) is 0 Å². The molecular weight excluding hydrogens is 273 g/mol. The summed E-state index contributed by atoms with van der Waals surface area (Å²) in [5, 5.41) is 1.83. The Bertz CT molecular complexity index is 560. The van der Waals surface area contributed by atoms with Crippen LogP contribution in [0.4, 0.5) is 4.39 Å². The van der Waals surface area contributed by atoms with Gasteiger partial charge < -0.3 is 5.32 Å². The maximum atomic E-state index is 13.4. The predicted molar refractivity (Wildman–Crippen MR) is 67.3 cm³/mol. The van der Waals surface area contributed by atoms with Crippen LogP contribution in [0.1, 0.15) is 20.8 Å². The molecule has 106 valence electrons. The van der Waals surface area contributed by atoms with Gasteiger partial charge in [0.15, 0.2) is 5.82 Å². The van der Waals surface area contributed by atoms with Crippen molar-refractivity contribution in [3.05, 3.63) is 24.1 Å². The van der Waals surface area contributed by atoms with E-state index in [9.17, 15) is 17.6 Å². The number of pyridine rings is 1. The summed E-state index contributed by atoms with van der Waals surface area (Å²) in [6, 6.07) is 1.13. The molecular formula is C11H16FN3O3S.